The van der Waals surface area contributed by atoms with E-state index in [1.165, 1.54) is 36.6 Å². The van der Waals surface area contributed by atoms with Crippen molar-refractivity contribution in [2.45, 2.75) is 169 Å². The van der Waals surface area contributed by atoms with E-state index in [0.29, 0.717) is 43.2 Å². The van der Waals surface area contributed by atoms with Crippen molar-refractivity contribution in [1.29, 1.82) is 0 Å². The molecule has 0 bridgehead atoms. The van der Waals surface area contributed by atoms with Gasteiger partial charge in [0.25, 0.3) is 0 Å². The zero-order valence-electron chi connectivity index (χ0n) is 57.0. The summed E-state index contributed by atoms with van der Waals surface area (Å²) in [5.74, 6) is -13.6. The Morgan fingerprint density at radius 2 is 0.816 bits per heavy atom. The first-order chi connectivity index (χ1) is 49.1. The van der Waals surface area contributed by atoms with Gasteiger partial charge in [-0.2, -0.15) is 0 Å². The summed E-state index contributed by atoms with van der Waals surface area (Å²) in [4.78, 5) is 221. The van der Waals surface area contributed by atoms with Gasteiger partial charge in [-0.1, -0.05) is 42.5 Å². The average Bonchev–Trinajstić information content (AvgIpc) is 1.65. The molecule has 7 rings (SSSR count). The number of aliphatic carboxylic acids is 1. The Labute approximate surface area is 591 Å². The molecule has 37 nitrogen and oxygen atoms in total. The molecule has 103 heavy (non-hydrogen) atoms. The number of carbonyl (C=O) groups excluding carboxylic acids is 15. The van der Waals surface area contributed by atoms with E-state index in [4.69, 9.17) is 16.6 Å². The molecule has 5 aliphatic heterocycles. The van der Waals surface area contributed by atoms with Crippen molar-refractivity contribution in [3.63, 3.8) is 0 Å². The van der Waals surface area contributed by atoms with Crippen LogP contribution in [0.15, 0.2) is 54.6 Å². The number of nitrogens with one attached hydrogen (secondary N) is 9. The van der Waals surface area contributed by atoms with Crippen LogP contribution >= 0.6 is 0 Å². The highest BCUT2D eigenvalue weighted by Crippen LogP contribution is 2.31. The van der Waals surface area contributed by atoms with Gasteiger partial charge in [0, 0.05) is 45.6 Å². The maximum absolute atomic E-state index is 14.7. The van der Waals surface area contributed by atoms with E-state index in [-0.39, 0.29) is 83.4 Å². The lowest BCUT2D eigenvalue weighted by Gasteiger charge is -2.35. The maximum atomic E-state index is 14.7. The molecule has 0 saturated carbocycles. The molecule has 5 saturated heterocycles. The minimum Gasteiger partial charge on any atom is -0.508 e. The quantitative estimate of drug-likeness (QED) is 0.0309. The van der Waals surface area contributed by atoms with Crippen LogP contribution in [0.4, 0.5) is 0 Å². The second-order valence-corrected chi connectivity index (χ2v) is 25.9. The molecule has 37 heteroatoms. The molecule has 0 aromatic heterocycles. The highest BCUT2D eigenvalue weighted by atomic mass is 16.4. The molecule has 0 unspecified atom stereocenters. The van der Waals surface area contributed by atoms with E-state index in [9.17, 15) is 97.1 Å². The van der Waals surface area contributed by atoms with Crippen molar-refractivity contribution in [1.82, 2.24) is 72.4 Å². The first-order valence-corrected chi connectivity index (χ1v) is 34.2. The Balaban J connectivity index is 0.914. The van der Waals surface area contributed by atoms with E-state index in [0.717, 1.165) is 6.92 Å². The van der Waals surface area contributed by atoms with Gasteiger partial charge in [-0.25, -0.2) is 0 Å². The molecule has 5 heterocycles. The third kappa shape index (κ3) is 21.8. The Bertz CT molecular complexity index is 3460. The fraction of sp³-hybridized carbons (Fsp3) is 0.576. The van der Waals surface area contributed by atoms with Crippen molar-refractivity contribution < 1.29 is 102 Å². The minimum atomic E-state index is -1.78. The molecular formula is C66H92N16O21. The van der Waals surface area contributed by atoms with Crippen LogP contribution in [-0.4, -0.2) is 289 Å². The van der Waals surface area contributed by atoms with Gasteiger partial charge in [0.2, 0.25) is 88.6 Å². The first kappa shape index (κ1) is 79.9. The molecule has 15 amide bonds. The molecule has 562 valence electrons. The number of carbonyl (C=O) groups is 16. The van der Waals surface area contributed by atoms with Crippen LogP contribution in [0.3, 0.4) is 0 Å². The van der Waals surface area contributed by atoms with Crippen LogP contribution in [0.1, 0.15) is 95.1 Å². The van der Waals surface area contributed by atoms with Crippen molar-refractivity contribution in [3.05, 3.63) is 65.7 Å². The van der Waals surface area contributed by atoms with Gasteiger partial charge in [0.05, 0.1) is 39.0 Å². The average molecular weight is 1450 g/mol. The molecule has 0 spiro atoms. The molecule has 0 radical (unpaired) electrons. The zero-order valence-corrected chi connectivity index (χ0v) is 57.0. The van der Waals surface area contributed by atoms with Gasteiger partial charge in [-0.05, 0) is 107 Å². The number of phenolic OH excluding ortho intramolecular Hbond substituents is 1. The Hall–Kier alpha value is -10.4. The lowest BCUT2D eigenvalue weighted by molar-refractivity contribution is -0.152. The molecule has 2 aromatic rings. The Morgan fingerprint density at radius 3 is 1.32 bits per heavy atom. The van der Waals surface area contributed by atoms with Crippen LogP contribution in [-0.2, 0) is 89.6 Å². The number of carboxylic acid groups (broad SMARTS) is 1. The molecule has 5 fully saturated rings. The number of nitrogens with zero attached hydrogens (tertiary/aromatic N) is 5. The predicted octanol–water partition coefficient (Wildman–Crippen LogP) is -7.94. The Kier molecular flexibility index (Phi) is 29.5. The monoisotopic (exact) mass is 1440 g/mol. The second kappa shape index (κ2) is 38.0. The summed E-state index contributed by atoms with van der Waals surface area (Å²) in [5, 5.41) is 69.2. The number of benzene rings is 2. The SMILES string of the molecule is C[C@H](NC(=O)[C@H](CCC(N)=O)NC(=O)[C@H](CO)NC(=O)[C@@H]1CCCN1C(=O)[C@@H]1CCCN1C(=O)[C@@H]1CCCN1C(=O)[C@@H]1CCCN1C(=O)CNC(=O)[C@H](Cc1ccccc1)NC(=O)[C@@H]1CCCN1C(=O)CNC(=O)[C@@H](N)Cc1ccc(O)cc1)C(=O)N[C@@H](CO)C(=O)N[C@@H](CO)C(=O)NCC(=O)O. The summed E-state index contributed by atoms with van der Waals surface area (Å²) in [5.41, 5.74) is 12.8. The van der Waals surface area contributed by atoms with Crippen molar-refractivity contribution >= 4 is 94.6 Å². The van der Waals surface area contributed by atoms with E-state index in [2.05, 4.69) is 37.2 Å². The molecule has 0 aliphatic carbocycles. The van der Waals surface area contributed by atoms with Gasteiger partial charge in [-0.3, -0.25) is 76.7 Å². The van der Waals surface area contributed by atoms with E-state index < -0.39 is 219 Å². The number of aliphatic hydroxyl groups is 3. The smallest absolute Gasteiger partial charge is 0.322 e. The van der Waals surface area contributed by atoms with Crippen LogP contribution in [0.5, 0.6) is 5.75 Å². The number of aliphatic hydroxyl groups excluding tert-OH is 3. The maximum Gasteiger partial charge on any atom is 0.322 e. The van der Waals surface area contributed by atoms with Gasteiger partial charge in [0.1, 0.15) is 78.8 Å². The van der Waals surface area contributed by atoms with Crippen molar-refractivity contribution in [2.75, 3.05) is 72.2 Å². The van der Waals surface area contributed by atoms with E-state index >= 15 is 0 Å². The zero-order chi connectivity index (χ0) is 75.2. The number of carboxylic acids is 1. The van der Waals surface area contributed by atoms with Gasteiger partial charge in [0.15, 0.2) is 0 Å². The molecule has 18 N–H and O–H groups in total. The summed E-state index contributed by atoms with van der Waals surface area (Å²) >= 11 is 0. The lowest BCUT2D eigenvalue weighted by Crippen LogP contribution is -2.60. The molecule has 12 atom stereocenters. The van der Waals surface area contributed by atoms with Crippen molar-refractivity contribution in [3.8, 4) is 5.75 Å². The van der Waals surface area contributed by atoms with Crippen LogP contribution in [0, 0.1) is 0 Å². The summed E-state index contributed by atoms with van der Waals surface area (Å²) in [6.45, 7) is -3.17. The minimum absolute atomic E-state index is 0.00337. The summed E-state index contributed by atoms with van der Waals surface area (Å²) in [6, 6.07) is -1.10. The van der Waals surface area contributed by atoms with Crippen molar-refractivity contribution in [2.24, 2.45) is 11.5 Å². The van der Waals surface area contributed by atoms with Gasteiger partial charge in [-0.15, -0.1) is 0 Å². The number of nitrogens with two attached hydrogens (primary N) is 2. The topological polar surface area (TPSA) is 551 Å². The Morgan fingerprint density at radius 1 is 0.437 bits per heavy atom. The lowest BCUT2D eigenvalue weighted by atomic mass is 10.0. The summed E-state index contributed by atoms with van der Waals surface area (Å²) in [6.07, 6.45) is 2.15. The number of hydrogen-bond donors (Lipinski definition) is 16. The fourth-order valence-corrected chi connectivity index (χ4v) is 13.1. The van der Waals surface area contributed by atoms with E-state index in [1.54, 1.807) is 42.5 Å². The third-order valence-electron chi connectivity index (χ3n) is 18.6. The standard InChI is InChI=1S/C66H92N16O21/c1-36(55(92)75-44(34-84)61(98)76-43(33-83)58(95)71-32-54(90)91)72-59(96)41(21-22-51(68)87)73-60(97)45(35-85)77-63(100)47-13-6-25-80(47)65(102)49-15-8-27-82(49)66(103)50-16-9-26-81(50)64(101)48-14-7-24-79(48)53(89)31-70-57(94)42(29-37-10-3-2-4-11-37)74-62(99)46-12-5-23-78(46)52(88)30-69-56(93)40(67)28-38-17-19-39(86)20-18-38/h2-4,10-11,17-20,36,40-50,83-86H,5-9,12-16,21-35,67H2,1H3,(H2,68,87)(H,69,93)(H,70,94)(H,71,95)(H,72,96)(H,73,97)(H,74,99)(H,75,92)(H,76,98)(H,77,100)(H,90,91)/t36-,40-,41-,42-,43-,44-,45-,46-,47-,48-,49-,50-/m0/s1. The number of amides is 15. The highest BCUT2D eigenvalue weighted by molar-refractivity contribution is 6.00. The fourth-order valence-electron chi connectivity index (χ4n) is 13.1. The van der Waals surface area contributed by atoms with Crippen LogP contribution < -0.4 is 59.3 Å². The van der Waals surface area contributed by atoms with Gasteiger partial charge < -0.3 is 109 Å². The first-order valence-electron chi connectivity index (χ1n) is 34.2. The highest BCUT2D eigenvalue weighted by Gasteiger charge is 2.48. The predicted molar refractivity (Wildman–Crippen MR) is 357 cm³/mol. The van der Waals surface area contributed by atoms with Crippen LogP contribution in [0.25, 0.3) is 0 Å². The summed E-state index contributed by atoms with van der Waals surface area (Å²) < 4.78 is 0. The molecular weight excluding hydrogens is 1350 g/mol. The number of primary amides is 1. The molecule has 2 aromatic carbocycles. The van der Waals surface area contributed by atoms with Gasteiger partial charge >= 0.3 is 5.97 Å². The number of phenols is 1. The largest absolute Gasteiger partial charge is 0.508 e. The summed E-state index contributed by atoms with van der Waals surface area (Å²) in [7, 11) is 0. The number of aromatic hydroxyl groups is 1. The third-order valence-corrected chi connectivity index (χ3v) is 18.6. The van der Waals surface area contributed by atoms with Crippen LogP contribution in [0.2, 0.25) is 0 Å². The number of hydrogen-bond acceptors (Lipinski definition) is 21. The van der Waals surface area contributed by atoms with E-state index in [1.807, 2.05) is 10.6 Å². The normalized spacial score (nSPS) is 20.6. The molecule has 5 aliphatic rings. The number of likely N-dealkylation sites (tertiary alicyclic amines) is 5. The second-order valence-electron chi connectivity index (χ2n) is 25.9. The number of rotatable bonds is 34.